The number of hydrogen-bond acceptors (Lipinski definition) is 5. The van der Waals surface area contributed by atoms with E-state index in [1.165, 1.54) is 24.9 Å². The van der Waals surface area contributed by atoms with Crippen molar-refractivity contribution < 1.29 is 14.3 Å². The lowest BCUT2D eigenvalue weighted by Crippen LogP contribution is -2.46. The molecule has 0 saturated carbocycles. The summed E-state index contributed by atoms with van der Waals surface area (Å²) in [6, 6.07) is -0.134. The van der Waals surface area contributed by atoms with E-state index < -0.39 is 5.97 Å². The number of piperidine rings is 1. The van der Waals surface area contributed by atoms with E-state index >= 15 is 0 Å². The average Bonchev–Trinajstić information content (AvgIpc) is 2.89. The van der Waals surface area contributed by atoms with Gasteiger partial charge in [-0.05, 0) is 50.2 Å². The zero-order valence-corrected chi connectivity index (χ0v) is 14.3. The number of nitrogens with one attached hydrogen (secondary N) is 1. The van der Waals surface area contributed by atoms with Gasteiger partial charge in [-0.1, -0.05) is 13.3 Å². The average molecular weight is 324 g/mol. The molecule has 1 N–H and O–H groups in total. The summed E-state index contributed by atoms with van der Waals surface area (Å²) in [7, 11) is 1.35. The Hall–Kier alpha value is -1.40. The number of hydrogen-bond donors (Lipinski definition) is 1. The van der Waals surface area contributed by atoms with Crippen LogP contribution in [-0.4, -0.2) is 43.0 Å². The zero-order valence-electron chi connectivity index (χ0n) is 13.5. The molecule has 1 fully saturated rings. The summed E-state index contributed by atoms with van der Waals surface area (Å²) < 4.78 is 4.78. The van der Waals surface area contributed by atoms with Crippen LogP contribution in [0, 0.1) is 6.92 Å². The first-order valence-electron chi connectivity index (χ1n) is 7.79. The summed E-state index contributed by atoms with van der Waals surface area (Å²) in [6.45, 7) is 5.86. The van der Waals surface area contributed by atoms with Gasteiger partial charge in [-0.15, -0.1) is 11.3 Å². The van der Waals surface area contributed by atoms with E-state index in [1.807, 2.05) is 19.2 Å². The lowest BCUT2D eigenvalue weighted by atomic mass is 10.1. The minimum absolute atomic E-state index is 0.0314. The zero-order chi connectivity index (χ0) is 16.1. The van der Waals surface area contributed by atoms with Crippen LogP contribution in [0.25, 0.3) is 0 Å². The highest BCUT2D eigenvalue weighted by molar-refractivity contribution is 7.12. The van der Waals surface area contributed by atoms with Crippen molar-refractivity contribution in [3.63, 3.8) is 0 Å². The second-order valence-electron chi connectivity index (χ2n) is 5.62. The molecule has 1 atom stereocenters. The van der Waals surface area contributed by atoms with Gasteiger partial charge in [0.05, 0.1) is 18.8 Å². The number of nitrogens with zero attached hydrogens (tertiary/aromatic N) is 1. The van der Waals surface area contributed by atoms with E-state index in [-0.39, 0.29) is 11.9 Å². The minimum atomic E-state index is -0.403. The normalized spacial score (nSPS) is 17.0. The van der Waals surface area contributed by atoms with Crippen molar-refractivity contribution in [3.05, 3.63) is 15.8 Å². The number of aryl methyl sites for hydroxylation is 1. The van der Waals surface area contributed by atoms with E-state index in [9.17, 15) is 9.59 Å². The molecule has 6 heteroatoms. The number of amides is 1. The van der Waals surface area contributed by atoms with Gasteiger partial charge in [0.15, 0.2) is 0 Å². The summed E-state index contributed by atoms with van der Waals surface area (Å²) >= 11 is 1.30. The number of carbonyl (C=O) groups excluding carboxylic acids is 2. The molecule has 1 amide bonds. The summed E-state index contributed by atoms with van der Waals surface area (Å²) in [5, 5.41) is 4.82. The predicted octanol–water partition coefficient (Wildman–Crippen LogP) is 3.05. The fourth-order valence-electron chi connectivity index (χ4n) is 2.89. The highest BCUT2D eigenvalue weighted by atomic mass is 32.1. The van der Waals surface area contributed by atoms with Crippen molar-refractivity contribution in [3.8, 4) is 0 Å². The van der Waals surface area contributed by atoms with E-state index in [0.717, 1.165) is 37.9 Å². The molecular weight excluding hydrogens is 300 g/mol. The lowest BCUT2D eigenvalue weighted by molar-refractivity contribution is -0.121. The van der Waals surface area contributed by atoms with Crippen LogP contribution in [-0.2, 0) is 9.53 Å². The maximum Gasteiger partial charge on any atom is 0.350 e. The second kappa shape index (κ2) is 7.74. The molecule has 1 aromatic rings. The number of likely N-dealkylation sites (tertiary alicyclic amines) is 1. The maximum atomic E-state index is 12.7. The molecule has 2 rings (SSSR count). The highest BCUT2D eigenvalue weighted by Crippen LogP contribution is 2.29. The SMILES string of the molecule is CCC(C(=O)Nc1c(C)csc1C(=O)OC)N1CCCCC1. The number of anilines is 1. The molecule has 2 heterocycles. The molecular formula is C16H24N2O3S. The molecule has 122 valence electrons. The molecule has 1 aliphatic rings. The van der Waals surface area contributed by atoms with Gasteiger partial charge in [0.1, 0.15) is 4.88 Å². The number of thiophene rings is 1. The summed E-state index contributed by atoms with van der Waals surface area (Å²) in [5.41, 5.74) is 1.49. The Balaban J connectivity index is 2.13. The second-order valence-corrected chi connectivity index (χ2v) is 6.50. The van der Waals surface area contributed by atoms with Crippen LogP contribution in [0.4, 0.5) is 5.69 Å². The van der Waals surface area contributed by atoms with Crippen molar-refractivity contribution in [1.82, 2.24) is 4.90 Å². The van der Waals surface area contributed by atoms with Crippen LogP contribution < -0.4 is 5.32 Å². The Morgan fingerprint density at radius 1 is 1.36 bits per heavy atom. The molecule has 5 nitrogen and oxygen atoms in total. The smallest absolute Gasteiger partial charge is 0.350 e. The minimum Gasteiger partial charge on any atom is -0.465 e. The van der Waals surface area contributed by atoms with Crippen LogP contribution in [0.5, 0.6) is 0 Å². The first-order chi connectivity index (χ1) is 10.6. The van der Waals surface area contributed by atoms with Gasteiger partial charge >= 0.3 is 5.97 Å². The van der Waals surface area contributed by atoms with Gasteiger partial charge in [0.25, 0.3) is 0 Å². The van der Waals surface area contributed by atoms with Crippen molar-refractivity contribution >= 4 is 28.9 Å². The van der Waals surface area contributed by atoms with E-state index in [0.29, 0.717) is 10.6 Å². The molecule has 22 heavy (non-hydrogen) atoms. The summed E-state index contributed by atoms with van der Waals surface area (Å²) in [5.74, 6) is -0.435. The molecule has 0 aliphatic carbocycles. The maximum absolute atomic E-state index is 12.7. The quantitative estimate of drug-likeness (QED) is 0.846. The Kier molecular flexibility index (Phi) is 5.97. The number of carbonyl (C=O) groups is 2. The fraction of sp³-hybridized carbons (Fsp3) is 0.625. The third kappa shape index (κ3) is 3.67. The standard InChI is InChI=1S/C16H24N2O3S/c1-4-12(18-8-6-5-7-9-18)15(19)17-13-11(2)10-22-14(13)16(20)21-3/h10,12H,4-9H2,1-3H3,(H,17,19). The topological polar surface area (TPSA) is 58.6 Å². The molecule has 0 radical (unpaired) electrons. The van der Waals surface area contributed by atoms with Crippen molar-refractivity contribution in [1.29, 1.82) is 0 Å². The lowest BCUT2D eigenvalue weighted by Gasteiger charge is -2.33. The molecule has 0 aromatic carbocycles. The van der Waals surface area contributed by atoms with Crippen LogP contribution in [0.15, 0.2) is 5.38 Å². The van der Waals surface area contributed by atoms with Crippen molar-refractivity contribution in [2.75, 3.05) is 25.5 Å². The number of ether oxygens (including phenoxy) is 1. The van der Waals surface area contributed by atoms with E-state index in [4.69, 9.17) is 4.74 Å². The van der Waals surface area contributed by atoms with Gasteiger partial charge in [-0.25, -0.2) is 4.79 Å². The molecule has 1 aliphatic heterocycles. The third-order valence-corrected chi connectivity index (χ3v) is 5.19. The fourth-order valence-corrected chi connectivity index (χ4v) is 3.81. The number of rotatable bonds is 5. The summed E-state index contributed by atoms with van der Waals surface area (Å²) in [4.78, 5) is 27.2. The van der Waals surface area contributed by atoms with Crippen LogP contribution >= 0.6 is 11.3 Å². The van der Waals surface area contributed by atoms with E-state index in [2.05, 4.69) is 10.2 Å². The van der Waals surface area contributed by atoms with Gasteiger partial charge in [-0.2, -0.15) is 0 Å². The summed E-state index contributed by atoms with van der Waals surface area (Å²) in [6.07, 6.45) is 4.30. The first kappa shape index (κ1) is 17.0. The Bertz CT molecular complexity index is 535. The van der Waals surface area contributed by atoms with Gasteiger partial charge in [0, 0.05) is 0 Å². The highest BCUT2D eigenvalue weighted by Gasteiger charge is 2.27. The Labute approximate surface area is 135 Å². The van der Waals surface area contributed by atoms with Crippen molar-refractivity contribution in [2.45, 2.75) is 45.6 Å². The van der Waals surface area contributed by atoms with Gasteiger partial charge in [0.2, 0.25) is 5.91 Å². The molecule has 0 bridgehead atoms. The van der Waals surface area contributed by atoms with Crippen LogP contribution in [0.2, 0.25) is 0 Å². The van der Waals surface area contributed by atoms with Gasteiger partial charge in [-0.3, -0.25) is 9.69 Å². The molecule has 1 aromatic heterocycles. The largest absolute Gasteiger partial charge is 0.465 e. The Morgan fingerprint density at radius 2 is 2.05 bits per heavy atom. The first-order valence-corrected chi connectivity index (χ1v) is 8.67. The number of esters is 1. The van der Waals surface area contributed by atoms with Gasteiger partial charge < -0.3 is 10.1 Å². The van der Waals surface area contributed by atoms with Crippen LogP contribution in [0.3, 0.4) is 0 Å². The number of methoxy groups -OCH3 is 1. The molecule has 0 spiro atoms. The van der Waals surface area contributed by atoms with E-state index in [1.54, 1.807) is 0 Å². The van der Waals surface area contributed by atoms with Crippen molar-refractivity contribution in [2.24, 2.45) is 0 Å². The molecule has 1 unspecified atom stereocenters. The van der Waals surface area contributed by atoms with Crippen LogP contribution in [0.1, 0.15) is 47.8 Å². The Morgan fingerprint density at radius 3 is 2.64 bits per heavy atom. The third-order valence-electron chi connectivity index (χ3n) is 4.11. The monoisotopic (exact) mass is 324 g/mol. The molecule has 1 saturated heterocycles. The predicted molar refractivity (Wildman–Crippen MR) is 88.5 cm³/mol.